The number of rotatable bonds is 5. The number of hydrogen-bond acceptors (Lipinski definition) is 6. The van der Waals surface area contributed by atoms with Gasteiger partial charge in [-0.15, -0.1) is 0 Å². The van der Waals surface area contributed by atoms with Crippen LogP contribution < -0.4 is 5.32 Å². The van der Waals surface area contributed by atoms with Crippen molar-refractivity contribution in [3.8, 4) is 0 Å². The minimum Gasteiger partial charge on any atom is -0.337 e. The zero-order chi connectivity index (χ0) is 17.8. The Morgan fingerprint density at radius 1 is 1.12 bits per heavy atom. The van der Waals surface area contributed by atoms with Crippen molar-refractivity contribution in [3.05, 3.63) is 60.6 Å². The highest BCUT2D eigenvalue weighted by Gasteiger charge is 2.21. The predicted octanol–water partition coefficient (Wildman–Crippen LogP) is 2.73. The van der Waals surface area contributed by atoms with Crippen LogP contribution in [0, 0.1) is 0 Å². The van der Waals surface area contributed by atoms with Gasteiger partial charge in [0.15, 0.2) is 0 Å². The SMILES string of the molecule is Cn1cncc1CN1CCC(c2ccnc(Nc3ncccn3)c2)CC1. The Labute approximate surface area is 153 Å². The quantitative estimate of drug-likeness (QED) is 0.764. The van der Waals surface area contributed by atoms with Crippen molar-refractivity contribution in [2.45, 2.75) is 25.3 Å². The van der Waals surface area contributed by atoms with Crippen LogP contribution >= 0.6 is 0 Å². The number of piperidine rings is 1. The van der Waals surface area contributed by atoms with Gasteiger partial charge in [-0.3, -0.25) is 4.90 Å². The lowest BCUT2D eigenvalue weighted by Crippen LogP contribution is -2.33. The summed E-state index contributed by atoms with van der Waals surface area (Å²) in [4.78, 5) is 19.5. The summed E-state index contributed by atoms with van der Waals surface area (Å²) in [7, 11) is 2.05. The average molecular weight is 349 g/mol. The fraction of sp³-hybridized carbons (Fsp3) is 0.368. The highest BCUT2D eigenvalue weighted by Crippen LogP contribution is 2.29. The van der Waals surface area contributed by atoms with Crippen LogP contribution in [0.5, 0.6) is 0 Å². The van der Waals surface area contributed by atoms with Crippen LogP contribution in [0.1, 0.15) is 30.0 Å². The first kappa shape index (κ1) is 16.7. The van der Waals surface area contributed by atoms with Gasteiger partial charge in [-0.25, -0.2) is 19.9 Å². The molecule has 1 N–H and O–H groups in total. The molecule has 0 radical (unpaired) electrons. The maximum absolute atomic E-state index is 4.39. The van der Waals surface area contributed by atoms with Gasteiger partial charge in [0.2, 0.25) is 5.95 Å². The molecule has 0 aromatic carbocycles. The summed E-state index contributed by atoms with van der Waals surface area (Å²) >= 11 is 0. The summed E-state index contributed by atoms with van der Waals surface area (Å²) in [5.41, 5.74) is 2.60. The molecule has 0 bridgehead atoms. The van der Waals surface area contributed by atoms with E-state index in [0.29, 0.717) is 11.9 Å². The molecule has 4 heterocycles. The van der Waals surface area contributed by atoms with Crippen LogP contribution in [0.4, 0.5) is 11.8 Å². The van der Waals surface area contributed by atoms with Crippen LogP contribution in [0.25, 0.3) is 0 Å². The second-order valence-electron chi connectivity index (χ2n) is 6.72. The van der Waals surface area contributed by atoms with Crippen molar-refractivity contribution in [1.82, 2.24) is 29.4 Å². The Morgan fingerprint density at radius 3 is 2.65 bits per heavy atom. The first-order valence-electron chi connectivity index (χ1n) is 8.95. The monoisotopic (exact) mass is 349 g/mol. The Kier molecular flexibility index (Phi) is 4.88. The van der Waals surface area contributed by atoms with E-state index < -0.39 is 0 Å². The Hall–Kier alpha value is -2.80. The molecule has 1 saturated heterocycles. The molecular weight excluding hydrogens is 326 g/mol. The number of hydrogen-bond donors (Lipinski definition) is 1. The largest absolute Gasteiger partial charge is 0.337 e. The number of imidazole rings is 1. The smallest absolute Gasteiger partial charge is 0.228 e. The molecule has 7 heteroatoms. The van der Waals surface area contributed by atoms with Crippen molar-refractivity contribution in [3.63, 3.8) is 0 Å². The zero-order valence-electron chi connectivity index (χ0n) is 14.9. The van der Waals surface area contributed by atoms with E-state index in [9.17, 15) is 0 Å². The van der Waals surface area contributed by atoms with Gasteiger partial charge in [0.1, 0.15) is 5.82 Å². The minimum absolute atomic E-state index is 0.568. The van der Waals surface area contributed by atoms with Crippen molar-refractivity contribution in [1.29, 1.82) is 0 Å². The second kappa shape index (κ2) is 7.61. The van der Waals surface area contributed by atoms with E-state index in [4.69, 9.17) is 0 Å². The Bertz CT molecular complexity index is 838. The molecule has 0 saturated carbocycles. The maximum atomic E-state index is 4.39. The van der Waals surface area contributed by atoms with Crippen LogP contribution in [-0.4, -0.2) is 42.5 Å². The molecule has 7 nitrogen and oxygen atoms in total. The van der Waals surface area contributed by atoms with Gasteiger partial charge in [-0.05, 0) is 55.6 Å². The number of anilines is 2. The standard InChI is InChI=1S/C19H23N7/c1-25-14-20-12-17(25)13-26-9-4-15(5-10-26)16-3-8-21-18(11-16)24-19-22-6-2-7-23-19/h2-3,6-8,11-12,14-15H,4-5,9-10,13H2,1H3,(H,21,22,23,24). The molecule has 3 aromatic rings. The van der Waals surface area contributed by atoms with Gasteiger partial charge in [0.25, 0.3) is 0 Å². The average Bonchev–Trinajstić information content (AvgIpc) is 3.08. The third-order valence-corrected chi connectivity index (χ3v) is 4.95. The van der Waals surface area contributed by atoms with Gasteiger partial charge < -0.3 is 9.88 Å². The van der Waals surface area contributed by atoms with Crippen LogP contribution in [0.2, 0.25) is 0 Å². The number of nitrogens with one attached hydrogen (secondary N) is 1. The highest BCUT2D eigenvalue weighted by atomic mass is 15.2. The molecule has 0 amide bonds. The number of pyridine rings is 1. The Balaban J connectivity index is 1.37. The summed E-state index contributed by atoms with van der Waals surface area (Å²) < 4.78 is 2.10. The predicted molar refractivity (Wildman–Crippen MR) is 100 cm³/mol. The number of likely N-dealkylation sites (tertiary alicyclic amines) is 1. The van der Waals surface area contributed by atoms with Crippen LogP contribution in [0.3, 0.4) is 0 Å². The molecule has 1 aliphatic heterocycles. The number of aromatic nitrogens is 5. The summed E-state index contributed by atoms with van der Waals surface area (Å²) in [6.07, 6.45) is 11.4. The first-order valence-corrected chi connectivity index (χ1v) is 8.95. The molecule has 0 unspecified atom stereocenters. The van der Waals surface area contributed by atoms with E-state index >= 15 is 0 Å². The molecule has 134 valence electrons. The van der Waals surface area contributed by atoms with Crippen LogP contribution in [-0.2, 0) is 13.6 Å². The molecular formula is C19H23N7. The van der Waals surface area contributed by atoms with E-state index in [2.05, 4.69) is 53.9 Å². The van der Waals surface area contributed by atoms with Gasteiger partial charge >= 0.3 is 0 Å². The third kappa shape index (κ3) is 3.88. The van der Waals surface area contributed by atoms with Gasteiger partial charge in [0, 0.05) is 38.4 Å². The second-order valence-corrected chi connectivity index (χ2v) is 6.72. The number of nitrogens with zero attached hydrogens (tertiary/aromatic N) is 6. The molecule has 4 rings (SSSR count). The molecule has 0 spiro atoms. The lowest BCUT2D eigenvalue weighted by molar-refractivity contribution is 0.201. The molecule has 1 fully saturated rings. The lowest BCUT2D eigenvalue weighted by Gasteiger charge is -2.32. The maximum Gasteiger partial charge on any atom is 0.228 e. The normalized spacial score (nSPS) is 15.9. The van der Waals surface area contributed by atoms with Crippen molar-refractivity contribution < 1.29 is 0 Å². The highest BCUT2D eigenvalue weighted by molar-refractivity contribution is 5.48. The minimum atomic E-state index is 0.568. The van der Waals surface area contributed by atoms with Crippen molar-refractivity contribution >= 4 is 11.8 Å². The third-order valence-electron chi connectivity index (χ3n) is 4.95. The molecule has 0 aliphatic carbocycles. The molecule has 0 atom stereocenters. The van der Waals surface area contributed by atoms with Gasteiger partial charge in [0.05, 0.1) is 12.0 Å². The fourth-order valence-corrected chi connectivity index (χ4v) is 3.44. The fourth-order valence-electron chi connectivity index (χ4n) is 3.44. The van der Waals surface area contributed by atoms with E-state index in [0.717, 1.165) is 38.3 Å². The van der Waals surface area contributed by atoms with Gasteiger partial charge in [-0.2, -0.15) is 0 Å². The van der Waals surface area contributed by atoms with Crippen LogP contribution in [0.15, 0.2) is 49.3 Å². The van der Waals surface area contributed by atoms with E-state index in [-0.39, 0.29) is 0 Å². The van der Waals surface area contributed by atoms with Crippen molar-refractivity contribution in [2.75, 3.05) is 18.4 Å². The molecule has 26 heavy (non-hydrogen) atoms. The molecule has 3 aromatic heterocycles. The lowest BCUT2D eigenvalue weighted by atomic mass is 9.90. The van der Waals surface area contributed by atoms with E-state index in [1.807, 2.05) is 18.7 Å². The van der Waals surface area contributed by atoms with E-state index in [1.54, 1.807) is 18.5 Å². The zero-order valence-corrected chi connectivity index (χ0v) is 14.9. The van der Waals surface area contributed by atoms with Gasteiger partial charge in [-0.1, -0.05) is 0 Å². The topological polar surface area (TPSA) is 71.8 Å². The summed E-state index contributed by atoms with van der Waals surface area (Å²) in [6, 6.07) is 6.05. The Morgan fingerprint density at radius 2 is 1.92 bits per heavy atom. The summed E-state index contributed by atoms with van der Waals surface area (Å²) in [5, 5.41) is 3.17. The van der Waals surface area contributed by atoms with E-state index in [1.165, 1.54) is 11.3 Å². The number of aryl methyl sites for hydroxylation is 1. The van der Waals surface area contributed by atoms with Crippen molar-refractivity contribution in [2.24, 2.45) is 7.05 Å². The summed E-state index contributed by atoms with van der Waals surface area (Å²) in [5.74, 6) is 1.94. The first-order chi connectivity index (χ1) is 12.8. The summed E-state index contributed by atoms with van der Waals surface area (Å²) in [6.45, 7) is 3.17. The molecule has 1 aliphatic rings.